The van der Waals surface area contributed by atoms with Crippen LogP contribution in [0.3, 0.4) is 0 Å². The molecule has 136 valence electrons. The number of benzene rings is 1. The van der Waals surface area contributed by atoms with E-state index in [9.17, 15) is 14.9 Å². The van der Waals surface area contributed by atoms with Crippen LogP contribution in [0.5, 0.6) is 0 Å². The smallest absolute Gasteiger partial charge is 0.274 e. The molecule has 0 saturated carbocycles. The summed E-state index contributed by atoms with van der Waals surface area (Å²) in [6, 6.07) is 9.06. The van der Waals surface area contributed by atoms with Crippen molar-refractivity contribution in [2.45, 2.75) is 43.8 Å². The summed E-state index contributed by atoms with van der Waals surface area (Å²) in [6.07, 6.45) is 6.06. The first-order valence-corrected chi connectivity index (χ1v) is 8.85. The molecule has 0 aliphatic carbocycles. The van der Waals surface area contributed by atoms with Crippen LogP contribution < -0.4 is 5.32 Å². The summed E-state index contributed by atoms with van der Waals surface area (Å²) < 4.78 is 1.57. The van der Waals surface area contributed by atoms with Gasteiger partial charge in [0.2, 0.25) is 0 Å². The third kappa shape index (κ3) is 3.08. The molecule has 8 nitrogen and oxygen atoms in total. The predicted octanol–water partition coefficient (Wildman–Crippen LogP) is 2.14. The third-order valence-electron chi connectivity index (χ3n) is 5.45. The van der Waals surface area contributed by atoms with E-state index >= 15 is 0 Å². The van der Waals surface area contributed by atoms with E-state index in [0.29, 0.717) is 23.5 Å². The molecule has 2 unspecified atom stereocenters. The molecule has 26 heavy (non-hydrogen) atoms. The summed E-state index contributed by atoms with van der Waals surface area (Å²) in [6.45, 7) is 0. The second-order valence-electron chi connectivity index (χ2n) is 7.10. The maximum absolute atomic E-state index is 12.8. The first-order chi connectivity index (χ1) is 12.5. The maximum Gasteiger partial charge on any atom is 0.274 e. The van der Waals surface area contributed by atoms with Crippen LogP contribution in [0.4, 0.5) is 5.69 Å². The number of aromatic nitrogens is 2. The minimum atomic E-state index is -0.442. The Balaban J connectivity index is 1.48. The molecule has 2 aliphatic rings. The van der Waals surface area contributed by atoms with Gasteiger partial charge in [-0.15, -0.1) is 0 Å². The molecule has 4 rings (SSSR count). The van der Waals surface area contributed by atoms with Crippen molar-refractivity contribution in [3.05, 3.63) is 52.3 Å². The molecular formula is C18H21N5O3. The van der Waals surface area contributed by atoms with Crippen LogP contribution in [0.25, 0.3) is 5.69 Å². The Morgan fingerprint density at radius 3 is 2.50 bits per heavy atom. The van der Waals surface area contributed by atoms with E-state index in [1.807, 2.05) is 11.9 Å². The van der Waals surface area contributed by atoms with E-state index in [4.69, 9.17) is 0 Å². The van der Waals surface area contributed by atoms with Crippen molar-refractivity contribution in [3.63, 3.8) is 0 Å². The summed E-state index contributed by atoms with van der Waals surface area (Å²) in [7, 11) is 1.85. The zero-order valence-corrected chi connectivity index (χ0v) is 14.5. The molecule has 1 aromatic heterocycles. The first-order valence-electron chi connectivity index (χ1n) is 8.85. The van der Waals surface area contributed by atoms with E-state index in [1.54, 1.807) is 29.1 Å². The van der Waals surface area contributed by atoms with Crippen LogP contribution in [0.1, 0.15) is 36.2 Å². The minimum Gasteiger partial charge on any atom is -0.337 e. The Morgan fingerprint density at radius 2 is 1.88 bits per heavy atom. The fraction of sp³-hybridized carbons (Fsp3) is 0.444. The summed E-state index contributed by atoms with van der Waals surface area (Å²) in [4.78, 5) is 24.9. The van der Waals surface area contributed by atoms with Gasteiger partial charge in [0.1, 0.15) is 0 Å². The second-order valence-corrected chi connectivity index (χ2v) is 7.10. The Hall–Kier alpha value is -2.74. The lowest BCUT2D eigenvalue weighted by molar-refractivity contribution is -0.384. The SMILES string of the molecule is CN(C(=O)c1ccn(-c2ccc([N+](=O)[O-])cc2)n1)C1CC2CCC(C1)N2. The van der Waals surface area contributed by atoms with Gasteiger partial charge in [-0.2, -0.15) is 5.10 Å². The zero-order valence-electron chi connectivity index (χ0n) is 14.5. The van der Waals surface area contributed by atoms with Gasteiger partial charge in [-0.3, -0.25) is 14.9 Å². The summed E-state index contributed by atoms with van der Waals surface area (Å²) in [5.74, 6) is -0.0861. The van der Waals surface area contributed by atoms with Gasteiger partial charge in [-0.1, -0.05) is 0 Å². The van der Waals surface area contributed by atoms with Gasteiger partial charge in [0, 0.05) is 43.5 Å². The van der Waals surface area contributed by atoms with Crippen molar-refractivity contribution < 1.29 is 9.72 Å². The highest BCUT2D eigenvalue weighted by Crippen LogP contribution is 2.29. The van der Waals surface area contributed by atoms with Crippen LogP contribution in [0.15, 0.2) is 36.5 Å². The number of nitro benzene ring substituents is 1. The Labute approximate surface area is 150 Å². The number of piperidine rings is 1. The summed E-state index contributed by atoms with van der Waals surface area (Å²) >= 11 is 0. The van der Waals surface area contributed by atoms with Crippen LogP contribution in [-0.2, 0) is 0 Å². The van der Waals surface area contributed by atoms with E-state index in [0.717, 1.165) is 12.8 Å². The highest BCUT2D eigenvalue weighted by atomic mass is 16.6. The lowest BCUT2D eigenvalue weighted by Crippen LogP contribution is -2.48. The standard InChI is InChI=1S/C18H21N5O3/c1-21(16-10-12-2-3-13(11-16)19-12)18(24)17-8-9-22(20-17)14-4-6-15(7-5-14)23(25)26/h4-9,12-13,16,19H,2-3,10-11H2,1H3. The normalized spacial score (nSPS) is 24.4. The molecule has 2 atom stereocenters. The highest BCUT2D eigenvalue weighted by molar-refractivity contribution is 5.92. The van der Waals surface area contributed by atoms with E-state index in [-0.39, 0.29) is 17.6 Å². The number of carbonyl (C=O) groups excluding carboxylic acids is 1. The Morgan fingerprint density at radius 1 is 1.23 bits per heavy atom. The van der Waals surface area contributed by atoms with Crippen molar-refractivity contribution in [2.24, 2.45) is 0 Å². The molecule has 2 bridgehead atoms. The van der Waals surface area contributed by atoms with Crippen molar-refractivity contribution in [2.75, 3.05) is 7.05 Å². The number of amides is 1. The number of hydrogen-bond acceptors (Lipinski definition) is 5. The number of nitrogens with zero attached hydrogens (tertiary/aromatic N) is 4. The molecule has 0 radical (unpaired) electrons. The van der Waals surface area contributed by atoms with Crippen LogP contribution >= 0.6 is 0 Å². The first kappa shape index (κ1) is 16.7. The molecule has 8 heteroatoms. The molecule has 2 saturated heterocycles. The van der Waals surface area contributed by atoms with Gasteiger partial charge in [-0.05, 0) is 43.9 Å². The van der Waals surface area contributed by atoms with Crippen LogP contribution in [0.2, 0.25) is 0 Å². The molecule has 2 aromatic rings. The maximum atomic E-state index is 12.8. The molecule has 1 N–H and O–H groups in total. The lowest BCUT2D eigenvalue weighted by Gasteiger charge is -2.35. The number of nitro groups is 1. The van der Waals surface area contributed by atoms with Gasteiger partial charge >= 0.3 is 0 Å². The number of rotatable bonds is 4. The lowest BCUT2D eigenvalue weighted by atomic mass is 9.98. The van der Waals surface area contributed by atoms with Gasteiger partial charge < -0.3 is 10.2 Å². The highest BCUT2D eigenvalue weighted by Gasteiger charge is 2.36. The number of nitrogens with one attached hydrogen (secondary N) is 1. The molecule has 1 aromatic carbocycles. The monoisotopic (exact) mass is 355 g/mol. The number of hydrogen-bond donors (Lipinski definition) is 1. The minimum absolute atomic E-state index is 0.0254. The predicted molar refractivity (Wildman–Crippen MR) is 95.3 cm³/mol. The van der Waals surface area contributed by atoms with Gasteiger partial charge in [0.25, 0.3) is 11.6 Å². The van der Waals surface area contributed by atoms with Crippen molar-refractivity contribution in [3.8, 4) is 5.69 Å². The summed E-state index contributed by atoms with van der Waals surface area (Å²) in [5.41, 5.74) is 1.09. The van der Waals surface area contributed by atoms with Gasteiger partial charge in [-0.25, -0.2) is 4.68 Å². The Kier molecular flexibility index (Phi) is 4.20. The van der Waals surface area contributed by atoms with Gasteiger partial charge in [0.05, 0.1) is 10.6 Å². The topological polar surface area (TPSA) is 93.3 Å². The largest absolute Gasteiger partial charge is 0.337 e. The van der Waals surface area contributed by atoms with Crippen molar-refractivity contribution in [1.82, 2.24) is 20.0 Å². The molecule has 0 spiro atoms. The fourth-order valence-corrected chi connectivity index (χ4v) is 4.00. The van der Waals surface area contributed by atoms with Crippen molar-refractivity contribution >= 4 is 11.6 Å². The van der Waals surface area contributed by atoms with E-state index in [1.165, 1.54) is 25.0 Å². The molecule has 1 amide bonds. The van der Waals surface area contributed by atoms with E-state index in [2.05, 4.69) is 10.4 Å². The summed E-state index contributed by atoms with van der Waals surface area (Å²) in [5, 5.41) is 18.7. The molecule has 3 heterocycles. The quantitative estimate of drug-likeness (QED) is 0.670. The average molecular weight is 355 g/mol. The van der Waals surface area contributed by atoms with E-state index < -0.39 is 4.92 Å². The second kappa shape index (κ2) is 6.53. The fourth-order valence-electron chi connectivity index (χ4n) is 4.00. The number of carbonyl (C=O) groups is 1. The zero-order chi connectivity index (χ0) is 18.3. The molecule has 2 aliphatic heterocycles. The number of non-ortho nitro benzene ring substituents is 1. The third-order valence-corrected chi connectivity index (χ3v) is 5.45. The average Bonchev–Trinajstić information content (AvgIpc) is 3.27. The Bertz CT molecular complexity index is 820. The molecular weight excluding hydrogens is 334 g/mol. The van der Waals surface area contributed by atoms with Crippen LogP contribution in [-0.4, -0.2) is 50.7 Å². The van der Waals surface area contributed by atoms with Crippen LogP contribution in [0, 0.1) is 10.1 Å². The van der Waals surface area contributed by atoms with Gasteiger partial charge in [0.15, 0.2) is 5.69 Å². The van der Waals surface area contributed by atoms with Crippen molar-refractivity contribution in [1.29, 1.82) is 0 Å². The molecule has 2 fully saturated rings. The number of fused-ring (bicyclic) bond motifs is 2.